The molecule has 0 aliphatic carbocycles. The van der Waals surface area contributed by atoms with E-state index >= 15 is 0 Å². The van der Waals surface area contributed by atoms with E-state index in [1.165, 1.54) is 11.8 Å². The molecule has 3 aromatic rings. The zero-order valence-electron chi connectivity index (χ0n) is 18.3. The van der Waals surface area contributed by atoms with E-state index in [0.29, 0.717) is 5.02 Å². The Morgan fingerprint density at radius 2 is 1.83 bits per heavy atom. The topological polar surface area (TPSA) is 122 Å². The van der Waals surface area contributed by atoms with Gasteiger partial charge in [0.1, 0.15) is 23.4 Å². The minimum Gasteiger partial charge on any atom is -0.478 e. The molecule has 0 spiro atoms. The van der Waals surface area contributed by atoms with Gasteiger partial charge in [-0.25, -0.2) is 14.2 Å². The maximum Gasteiger partial charge on any atom is 0.338 e. The molecule has 1 aliphatic heterocycles. The maximum absolute atomic E-state index is 13.9. The van der Waals surface area contributed by atoms with Crippen LogP contribution in [0.25, 0.3) is 11.0 Å². The molecule has 0 bridgehead atoms. The highest BCUT2D eigenvalue weighted by Gasteiger charge is 2.41. The maximum atomic E-state index is 13.9. The average molecular weight is 521 g/mol. The van der Waals surface area contributed by atoms with Gasteiger partial charge >= 0.3 is 5.97 Å². The summed E-state index contributed by atoms with van der Waals surface area (Å²) in [7, 11) is 0. The van der Waals surface area contributed by atoms with Gasteiger partial charge in [-0.05, 0) is 30.7 Å². The number of nitrogens with one attached hydrogen (secondary N) is 1. The Morgan fingerprint density at radius 1 is 1.17 bits per heavy atom. The Labute approximate surface area is 208 Å². The van der Waals surface area contributed by atoms with E-state index in [4.69, 9.17) is 23.2 Å². The van der Waals surface area contributed by atoms with Crippen LogP contribution < -0.4 is 10.9 Å². The smallest absolute Gasteiger partial charge is 0.338 e. The number of carboxylic acids is 1. The van der Waals surface area contributed by atoms with Crippen molar-refractivity contribution in [2.75, 3.05) is 13.1 Å². The zero-order chi connectivity index (χ0) is 25.5. The summed E-state index contributed by atoms with van der Waals surface area (Å²) in [6.45, 7) is 0.656. The number of hydrogen-bond donors (Lipinski definition) is 2. The lowest BCUT2D eigenvalue weighted by molar-refractivity contribution is -0.144. The molecule has 35 heavy (non-hydrogen) atoms. The second-order valence-corrected chi connectivity index (χ2v) is 9.26. The molecule has 1 aromatic carbocycles. The SMILES string of the molecule is CC1(F)CN(C(=O)Cn2c(=O)c(C(=O)NCc3ccc(Cl)cc3)cc3c(Cl)c(C(=O)O)cnc32)C1. The van der Waals surface area contributed by atoms with Crippen molar-refractivity contribution >= 4 is 52.0 Å². The van der Waals surface area contributed by atoms with Gasteiger partial charge in [0.25, 0.3) is 11.5 Å². The van der Waals surface area contributed by atoms with Gasteiger partial charge in [0.2, 0.25) is 5.91 Å². The first-order valence-corrected chi connectivity index (χ1v) is 11.2. The summed E-state index contributed by atoms with van der Waals surface area (Å²) in [5.41, 5.74) is -2.38. The van der Waals surface area contributed by atoms with Crippen molar-refractivity contribution < 1.29 is 23.9 Å². The zero-order valence-corrected chi connectivity index (χ0v) is 19.9. The number of amides is 2. The summed E-state index contributed by atoms with van der Waals surface area (Å²) in [5, 5.41) is 12.3. The van der Waals surface area contributed by atoms with Crippen LogP contribution in [-0.4, -0.2) is 56.1 Å². The molecule has 1 aliphatic rings. The summed E-state index contributed by atoms with van der Waals surface area (Å²) < 4.78 is 14.8. The monoisotopic (exact) mass is 520 g/mol. The first-order chi connectivity index (χ1) is 16.5. The van der Waals surface area contributed by atoms with Crippen molar-refractivity contribution in [2.24, 2.45) is 0 Å². The van der Waals surface area contributed by atoms with Crippen molar-refractivity contribution in [2.45, 2.75) is 25.7 Å². The van der Waals surface area contributed by atoms with Crippen molar-refractivity contribution in [3.8, 4) is 0 Å². The molecular weight excluding hydrogens is 502 g/mol. The van der Waals surface area contributed by atoms with Crippen LogP contribution in [0.2, 0.25) is 10.0 Å². The predicted molar refractivity (Wildman–Crippen MR) is 127 cm³/mol. The van der Waals surface area contributed by atoms with E-state index < -0.39 is 35.6 Å². The highest BCUT2D eigenvalue weighted by molar-refractivity contribution is 6.38. The fraction of sp³-hybridized carbons (Fsp3) is 0.261. The Kier molecular flexibility index (Phi) is 6.52. The van der Waals surface area contributed by atoms with Gasteiger partial charge in [0.15, 0.2) is 0 Å². The molecule has 2 aromatic heterocycles. The van der Waals surface area contributed by atoms with Crippen LogP contribution >= 0.6 is 23.2 Å². The fourth-order valence-electron chi connectivity index (χ4n) is 3.79. The number of benzene rings is 1. The number of carboxylic acid groups (broad SMARTS) is 1. The Hall–Kier alpha value is -3.50. The van der Waals surface area contributed by atoms with Crippen LogP contribution in [0.3, 0.4) is 0 Å². The lowest BCUT2D eigenvalue weighted by Gasteiger charge is -2.42. The Bertz CT molecular complexity index is 1410. The van der Waals surface area contributed by atoms with E-state index in [2.05, 4.69) is 10.3 Å². The van der Waals surface area contributed by atoms with Crippen molar-refractivity contribution in [3.05, 3.63) is 73.6 Å². The predicted octanol–water partition coefficient (Wildman–Crippen LogP) is 2.90. The molecule has 1 fully saturated rings. The third-order valence-electron chi connectivity index (χ3n) is 5.58. The summed E-state index contributed by atoms with van der Waals surface area (Å²) in [5.74, 6) is -2.66. The molecular formula is C23H19Cl2FN4O5. The number of nitrogens with zero attached hydrogens (tertiary/aromatic N) is 3. The minimum atomic E-state index is -1.51. The standard InChI is InChI=1S/C23H19Cl2FN4O5/c1-23(26)10-29(11-23)17(31)9-30-19-14(18(25)16(8-27-19)22(34)35)6-15(21(30)33)20(32)28-7-12-2-4-13(24)5-3-12/h2-6,8H,7,9-11H2,1H3,(H,28,32)(H,34,35). The summed E-state index contributed by atoms with van der Waals surface area (Å²) in [6, 6.07) is 7.85. The normalized spacial score (nSPS) is 14.5. The number of fused-ring (bicyclic) bond motifs is 1. The van der Waals surface area contributed by atoms with Crippen LogP contribution in [0.4, 0.5) is 4.39 Å². The third-order valence-corrected chi connectivity index (χ3v) is 6.24. The molecule has 182 valence electrons. The molecule has 9 nitrogen and oxygen atoms in total. The number of aromatic carboxylic acids is 1. The first kappa shape index (κ1) is 24.6. The number of pyridine rings is 2. The summed E-state index contributed by atoms with van der Waals surface area (Å²) in [6.07, 6.45) is 0.968. The molecule has 0 saturated carbocycles. The number of carbonyl (C=O) groups is 3. The van der Waals surface area contributed by atoms with Gasteiger partial charge in [-0.3, -0.25) is 19.0 Å². The highest BCUT2D eigenvalue weighted by atomic mass is 35.5. The van der Waals surface area contributed by atoms with Crippen molar-refractivity contribution in [1.29, 1.82) is 0 Å². The largest absolute Gasteiger partial charge is 0.478 e. The molecule has 0 radical (unpaired) electrons. The van der Waals surface area contributed by atoms with Crippen LogP contribution in [0, 0.1) is 0 Å². The number of hydrogen-bond acceptors (Lipinski definition) is 5. The van der Waals surface area contributed by atoms with Gasteiger partial charge in [0.05, 0.1) is 23.7 Å². The summed E-state index contributed by atoms with van der Waals surface area (Å²) >= 11 is 12.1. The average Bonchev–Trinajstić information content (AvgIpc) is 2.78. The quantitative estimate of drug-likeness (QED) is 0.515. The minimum absolute atomic E-state index is 0.00884. The van der Waals surface area contributed by atoms with Crippen molar-refractivity contribution in [3.63, 3.8) is 0 Å². The van der Waals surface area contributed by atoms with Crippen LogP contribution in [-0.2, 0) is 17.9 Å². The molecule has 12 heteroatoms. The van der Waals surface area contributed by atoms with Gasteiger partial charge < -0.3 is 15.3 Å². The summed E-state index contributed by atoms with van der Waals surface area (Å²) in [4.78, 5) is 55.6. The van der Waals surface area contributed by atoms with E-state index in [-0.39, 0.29) is 46.8 Å². The molecule has 4 rings (SSSR count). The van der Waals surface area contributed by atoms with Crippen LogP contribution in [0.5, 0.6) is 0 Å². The second kappa shape index (κ2) is 9.27. The van der Waals surface area contributed by atoms with Crippen LogP contribution in [0.15, 0.2) is 41.3 Å². The Morgan fingerprint density at radius 3 is 2.43 bits per heavy atom. The molecule has 1 saturated heterocycles. The lowest BCUT2D eigenvalue weighted by Crippen LogP contribution is -2.60. The molecule has 0 unspecified atom stereocenters. The molecule has 3 heterocycles. The third kappa shape index (κ3) is 4.98. The Balaban J connectivity index is 1.73. The second-order valence-electron chi connectivity index (χ2n) is 8.45. The number of alkyl halides is 1. The number of carbonyl (C=O) groups excluding carboxylic acids is 2. The van der Waals surface area contributed by atoms with E-state index in [1.54, 1.807) is 24.3 Å². The number of likely N-dealkylation sites (tertiary alicyclic amines) is 1. The van der Waals surface area contributed by atoms with Gasteiger partial charge in [-0.15, -0.1) is 0 Å². The van der Waals surface area contributed by atoms with E-state index in [0.717, 1.165) is 22.4 Å². The highest BCUT2D eigenvalue weighted by Crippen LogP contribution is 2.27. The van der Waals surface area contributed by atoms with Crippen LogP contribution in [0.1, 0.15) is 33.2 Å². The number of rotatable bonds is 6. The molecule has 0 atom stereocenters. The fourth-order valence-corrected chi connectivity index (χ4v) is 4.18. The first-order valence-electron chi connectivity index (χ1n) is 10.4. The van der Waals surface area contributed by atoms with E-state index in [1.807, 2.05) is 0 Å². The number of halogens is 3. The number of aromatic nitrogens is 2. The molecule has 2 N–H and O–H groups in total. The van der Waals surface area contributed by atoms with Gasteiger partial charge in [-0.1, -0.05) is 35.3 Å². The molecule has 2 amide bonds. The lowest BCUT2D eigenvalue weighted by atomic mass is 9.99. The van der Waals surface area contributed by atoms with Gasteiger partial charge in [0, 0.05) is 23.2 Å². The van der Waals surface area contributed by atoms with E-state index in [9.17, 15) is 28.7 Å². The van der Waals surface area contributed by atoms with Crippen molar-refractivity contribution in [1.82, 2.24) is 19.8 Å². The van der Waals surface area contributed by atoms with Gasteiger partial charge in [-0.2, -0.15) is 0 Å².